The first kappa shape index (κ1) is 8.68. The van der Waals surface area contributed by atoms with Crippen LogP contribution >= 0.6 is 0 Å². The van der Waals surface area contributed by atoms with E-state index >= 15 is 0 Å². The Morgan fingerprint density at radius 2 is 2.29 bits per heavy atom. The zero-order chi connectivity index (χ0) is 10.1. The number of anilines is 1. The third-order valence-corrected chi connectivity index (χ3v) is 1.86. The van der Waals surface area contributed by atoms with Gasteiger partial charge >= 0.3 is 0 Å². The summed E-state index contributed by atoms with van der Waals surface area (Å²) in [5.74, 6) is 0.388. The maximum atomic E-state index is 10.8. The number of nitrogens with zero attached hydrogens (tertiary/aromatic N) is 2. The van der Waals surface area contributed by atoms with Crippen LogP contribution in [0, 0.1) is 6.92 Å². The number of hydrogen-bond acceptors (Lipinski definition) is 3. The maximum Gasteiger partial charge on any atom is 0.222 e. The highest BCUT2D eigenvalue weighted by Gasteiger charge is 2.06. The molecule has 0 bridgehead atoms. The van der Waals surface area contributed by atoms with E-state index in [1.807, 2.05) is 19.1 Å². The Morgan fingerprint density at radius 1 is 1.50 bits per heavy atom. The van der Waals surface area contributed by atoms with Gasteiger partial charge in [0.05, 0.1) is 5.39 Å². The van der Waals surface area contributed by atoms with E-state index in [0.717, 1.165) is 11.1 Å². The summed E-state index contributed by atoms with van der Waals surface area (Å²) in [6, 6.07) is 3.76. The molecule has 0 radical (unpaired) electrons. The van der Waals surface area contributed by atoms with E-state index in [1.54, 1.807) is 0 Å². The van der Waals surface area contributed by atoms with Gasteiger partial charge < -0.3 is 5.32 Å². The van der Waals surface area contributed by atoms with Crippen molar-refractivity contribution in [3.63, 3.8) is 0 Å². The number of amides is 1. The minimum atomic E-state index is -0.140. The minimum Gasteiger partial charge on any atom is -0.309 e. The molecule has 2 N–H and O–H groups in total. The van der Waals surface area contributed by atoms with Crippen LogP contribution in [0.1, 0.15) is 12.6 Å². The van der Waals surface area contributed by atoms with Crippen LogP contribution < -0.4 is 5.32 Å². The number of carbonyl (C=O) groups excluding carboxylic acids is 1. The van der Waals surface area contributed by atoms with E-state index < -0.39 is 0 Å². The summed E-state index contributed by atoms with van der Waals surface area (Å²) in [6.07, 6.45) is 0. The molecule has 0 atom stereocenters. The summed E-state index contributed by atoms with van der Waals surface area (Å²) in [5, 5.41) is 10.2. The quantitative estimate of drug-likeness (QED) is 0.710. The topological polar surface area (TPSA) is 70.7 Å². The Balaban J connectivity index is 2.52. The largest absolute Gasteiger partial charge is 0.309 e. The molecule has 2 aromatic heterocycles. The van der Waals surface area contributed by atoms with Gasteiger partial charge in [-0.05, 0) is 19.1 Å². The summed E-state index contributed by atoms with van der Waals surface area (Å²) >= 11 is 0. The molecule has 72 valence electrons. The first-order valence-corrected chi connectivity index (χ1v) is 4.26. The van der Waals surface area contributed by atoms with E-state index in [1.165, 1.54) is 6.92 Å². The molecular weight excluding hydrogens is 180 g/mol. The van der Waals surface area contributed by atoms with Gasteiger partial charge in [-0.2, -0.15) is 5.10 Å². The SMILES string of the molecule is CC(=O)Nc1n[nH]c2nc(C)ccc12. The highest BCUT2D eigenvalue weighted by molar-refractivity contribution is 5.97. The van der Waals surface area contributed by atoms with Gasteiger partial charge in [0.2, 0.25) is 5.91 Å². The zero-order valence-electron chi connectivity index (χ0n) is 7.96. The molecule has 0 aliphatic heterocycles. The molecular formula is C9H10N4O. The smallest absolute Gasteiger partial charge is 0.222 e. The van der Waals surface area contributed by atoms with Crippen molar-refractivity contribution in [1.82, 2.24) is 15.2 Å². The third-order valence-electron chi connectivity index (χ3n) is 1.86. The number of rotatable bonds is 1. The van der Waals surface area contributed by atoms with Gasteiger partial charge in [-0.1, -0.05) is 0 Å². The fourth-order valence-electron chi connectivity index (χ4n) is 1.26. The molecule has 5 nitrogen and oxygen atoms in total. The van der Waals surface area contributed by atoms with E-state index in [4.69, 9.17) is 0 Å². The first-order chi connectivity index (χ1) is 6.66. The summed E-state index contributed by atoms with van der Waals surface area (Å²) in [4.78, 5) is 15.1. The number of fused-ring (bicyclic) bond motifs is 1. The monoisotopic (exact) mass is 190 g/mol. The van der Waals surface area contributed by atoms with E-state index in [-0.39, 0.29) is 5.91 Å². The van der Waals surface area contributed by atoms with Gasteiger partial charge in [-0.25, -0.2) is 4.98 Å². The van der Waals surface area contributed by atoms with Crippen LogP contribution in [-0.2, 0) is 4.79 Å². The van der Waals surface area contributed by atoms with E-state index in [9.17, 15) is 4.79 Å². The standard InChI is InChI=1S/C9H10N4O/c1-5-3-4-7-8(10-5)12-13-9(7)11-6(2)14/h3-4H,1-2H3,(H2,10,11,12,13,14). The fourth-order valence-corrected chi connectivity index (χ4v) is 1.26. The molecule has 0 unspecified atom stereocenters. The lowest BCUT2D eigenvalue weighted by atomic mass is 10.3. The zero-order valence-corrected chi connectivity index (χ0v) is 7.96. The molecule has 0 aromatic carbocycles. The first-order valence-electron chi connectivity index (χ1n) is 4.26. The Hall–Kier alpha value is -1.91. The Bertz CT molecular complexity index is 489. The molecule has 0 aliphatic rings. The average molecular weight is 190 g/mol. The van der Waals surface area contributed by atoms with Gasteiger partial charge in [0.15, 0.2) is 11.5 Å². The molecule has 14 heavy (non-hydrogen) atoms. The lowest BCUT2D eigenvalue weighted by molar-refractivity contribution is -0.114. The van der Waals surface area contributed by atoms with Crippen molar-refractivity contribution in [2.75, 3.05) is 5.32 Å². The molecule has 0 aliphatic carbocycles. The van der Waals surface area contributed by atoms with Crippen molar-refractivity contribution in [2.24, 2.45) is 0 Å². The number of hydrogen-bond donors (Lipinski definition) is 2. The van der Waals surface area contributed by atoms with Gasteiger partial charge in [-0.3, -0.25) is 9.89 Å². The second-order valence-electron chi connectivity index (χ2n) is 3.10. The van der Waals surface area contributed by atoms with Crippen molar-refractivity contribution in [3.05, 3.63) is 17.8 Å². The van der Waals surface area contributed by atoms with Crippen LogP contribution in [0.25, 0.3) is 11.0 Å². The third kappa shape index (κ3) is 1.44. The summed E-state index contributed by atoms with van der Waals surface area (Å²) in [5.41, 5.74) is 1.60. The lowest BCUT2D eigenvalue weighted by Crippen LogP contribution is -2.06. The fraction of sp³-hybridized carbons (Fsp3) is 0.222. The number of carbonyl (C=O) groups is 1. The van der Waals surface area contributed by atoms with Crippen molar-refractivity contribution in [3.8, 4) is 0 Å². The summed E-state index contributed by atoms with van der Waals surface area (Å²) < 4.78 is 0. The van der Waals surface area contributed by atoms with E-state index in [0.29, 0.717) is 11.5 Å². The molecule has 1 amide bonds. The van der Waals surface area contributed by atoms with Crippen LogP contribution in [0.5, 0.6) is 0 Å². The molecule has 0 saturated carbocycles. The molecule has 0 fully saturated rings. The molecule has 0 spiro atoms. The molecule has 0 saturated heterocycles. The number of aryl methyl sites for hydroxylation is 1. The van der Waals surface area contributed by atoms with Gasteiger partial charge in [0, 0.05) is 12.6 Å². The maximum absolute atomic E-state index is 10.8. The van der Waals surface area contributed by atoms with Crippen LogP contribution in [0.4, 0.5) is 5.82 Å². The number of nitrogens with one attached hydrogen (secondary N) is 2. The van der Waals surface area contributed by atoms with Gasteiger partial charge in [0.25, 0.3) is 0 Å². The highest BCUT2D eigenvalue weighted by Crippen LogP contribution is 2.18. The predicted molar refractivity (Wildman–Crippen MR) is 52.9 cm³/mol. The Labute approximate surface area is 80.5 Å². The second kappa shape index (κ2) is 3.10. The Kier molecular flexibility index (Phi) is 1.92. The number of aromatic nitrogens is 3. The van der Waals surface area contributed by atoms with Crippen molar-refractivity contribution in [2.45, 2.75) is 13.8 Å². The lowest BCUT2D eigenvalue weighted by Gasteiger charge is -1.96. The average Bonchev–Trinajstić information content (AvgIpc) is 2.47. The Morgan fingerprint density at radius 3 is 3.00 bits per heavy atom. The predicted octanol–water partition coefficient (Wildman–Crippen LogP) is 1.22. The number of aromatic amines is 1. The van der Waals surface area contributed by atoms with Gasteiger partial charge in [0.1, 0.15) is 0 Å². The normalized spacial score (nSPS) is 10.4. The number of pyridine rings is 1. The minimum absolute atomic E-state index is 0.140. The van der Waals surface area contributed by atoms with Crippen LogP contribution in [0.2, 0.25) is 0 Å². The van der Waals surface area contributed by atoms with Crippen molar-refractivity contribution >= 4 is 22.8 Å². The molecule has 2 heterocycles. The van der Waals surface area contributed by atoms with Crippen LogP contribution in [0.15, 0.2) is 12.1 Å². The number of H-pyrrole nitrogens is 1. The van der Waals surface area contributed by atoms with Crippen LogP contribution in [0.3, 0.4) is 0 Å². The summed E-state index contributed by atoms with van der Waals surface area (Å²) in [7, 11) is 0. The second-order valence-corrected chi connectivity index (χ2v) is 3.10. The molecule has 2 aromatic rings. The van der Waals surface area contributed by atoms with E-state index in [2.05, 4.69) is 20.5 Å². The highest BCUT2D eigenvalue weighted by atomic mass is 16.1. The molecule has 2 rings (SSSR count). The van der Waals surface area contributed by atoms with Crippen molar-refractivity contribution in [1.29, 1.82) is 0 Å². The van der Waals surface area contributed by atoms with Gasteiger partial charge in [-0.15, -0.1) is 0 Å². The molecule has 5 heteroatoms. The summed E-state index contributed by atoms with van der Waals surface area (Å²) in [6.45, 7) is 3.35. The van der Waals surface area contributed by atoms with Crippen LogP contribution in [-0.4, -0.2) is 21.1 Å². The van der Waals surface area contributed by atoms with Crippen molar-refractivity contribution < 1.29 is 4.79 Å².